The van der Waals surface area contributed by atoms with Crippen molar-refractivity contribution >= 4 is 17.1 Å². The van der Waals surface area contributed by atoms with Crippen LogP contribution in [-0.4, -0.2) is 51.6 Å². The number of thiazole rings is 1. The van der Waals surface area contributed by atoms with Gasteiger partial charge in [0.1, 0.15) is 5.78 Å². The average Bonchev–Trinajstić information content (AvgIpc) is 3.32. The molecule has 0 unspecified atom stereocenters. The first-order chi connectivity index (χ1) is 15.9. The van der Waals surface area contributed by atoms with Crippen molar-refractivity contribution in [2.75, 3.05) is 19.7 Å². The zero-order valence-corrected chi connectivity index (χ0v) is 20.4. The number of ether oxygens (including phenoxy) is 1. The summed E-state index contributed by atoms with van der Waals surface area (Å²) in [5.41, 5.74) is 2.95. The summed E-state index contributed by atoms with van der Waals surface area (Å²) in [5.74, 6) is 1.56. The van der Waals surface area contributed by atoms with Crippen LogP contribution in [-0.2, 0) is 31.2 Å². The second kappa shape index (κ2) is 11.0. The Kier molecular flexibility index (Phi) is 8.11. The van der Waals surface area contributed by atoms with E-state index in [0.717, 1.165) is 61.9 Å². The summed E-state index contributed by atoms with van der Waals surface area (Å²) >= 11 is 1.41. The van der Waals surface area contributed by atoms with Crippen molar-refractivity contribution in [3.8, 4) is 5.19 Å². The molecule has 4 rings (SSSR count). The molecule has 2 aromatic rings. The molecule has 0 bridgehead atoms. The molecule has 1 aliphatic heterocycles. The molecule has 1 fully saturated rings. The predicted octanol–water partition coefficient (Wildman–Crippen LogP) is 4.59. The van der Waals surface area contributed by atoms with E-state index in [2.05, 4.69) is 15.0 Å². The molecule has 9 heteroatoms. The molecule has 6 nitrogen and oxygen atoms in total. The van der Waals surface area contributed by atoms with Gasteiger partial charge in [0.05, 0.1) is 11.4 Å². The summed E-state index contributed by atoms with van der Waals surface area (Å²) < 4.78 is 31.6. The molecule has 0 N–H and O–H groups in total. The number of carbonyl (C=O) groups excluding carboxylic acids is 1. The van der Waals surface area contributed by atoms with Crippen LogP contribution in [0.15, 0.2) is 6.07 Å². The Labute approximate surface area is 198 Å². The molecule has 0 aromatic carbocycles. The van der Waals surface area contributed by atoms with Crippen LogP contribution in [0.4, 0.5) is 8.78 Å². The topological polar surface area (TPSA) is 60.3 Å². The highest BCUT2D eigenvalue weighted by Crippen LogP contribution is 2.34. The Morgan fingerprint density at radius 1 is 1.27 bits per heavy atom. The van der Waals surface area contributed by atoms with Gasteiger partial charge in [-0.05, 0) is 57.1 Å². The first-order valence-corrected chi connectivity index (χ1v) is 12.8. The second-order valence-corrected chi connectivity index (χ2v) is 10.6. The van der Waals surface area contributed by atoms with Crippen LogP contribution in [0, 0.1) is 18.8 Å². The van der Waals surface area contributed by atoms with Crippen molar-refractivity contribution in [3.63, 3.8) is 0 Å². The van der Waals surface area contributed by atoms with E-state index in [9.17, 15) is 13.6 Å². The van der Waals surface area contributed by atoms with Crippen molar-refractivity contribution in [2.24, 2.45) is 18.9 Å². The number of nitrogens with zero attached hydrogens (tertiary/aromatic N) is 4. The van der Waals surface area contributed by atoms with Gasteiger partial charge in [0.15, 0.2) is 6.61 Å². The largest absolute Gasteiger partial charge is 0.464 e. The molecule has 1 aliphatic carbocycles. The zero-order chi connectivity index (χ0) is 23.4. The van der Waals surface area contributed by atoms with E-state index in [0.29, 0.717) is 29.7 Å². The van der Waals surface area contributed by atoms with Gasteiger partial charge in [-0.25, -0.2) is 13.8 Å². The van der Waals surface area contributed by atoms with Crippen molar-refractivity contribution in [3.05, 3.63) is 28.0 Å². The van der Waals surface area contributed by atoms with Gasteiger partial charge in [0.25, 0.3) is 11.6 Å². The summed E-state index contributed by atoms with van der Waals surface area (Å²) in [6, 6.07) is 2.00. The lowest BCUT2D eigenvalue weighted by atomic mass is 9.78. The van der Waals surface area contributed by atoms with Crippen LogP contribution in [0.1, 0.15) is 60.5 Å². The van der Waals surface area contributed by atoms with Crippen molar-refractivity contribution in [1.29, 1.82) is 0 Å². The Morgan fingerprint density at radius 2 is 2.03 bits per heavy atom. The Bertz CT molecular complexity index is 937. The van der Waals surface area contributed by atoms with Gasteiger partial charge < -0.3 is 4.74 Å². The molecular weight excluding hydrogens is 446 g/mol. The number of Topliss-reactive ketones (excluding diaryl/α,β-unsaturated/α-hetero) is 1. The summed E-state index contributed by atoms with van der Waals surface area (Å²) in [4.78, 5) is 20.5. The fraction of sp³-hybridized carbons (Fsp3) is 0.708. The number of ketones is 1. The van der Waals surface area contributed by atoms with Gasteiger partial charge in [-0.2, -0.15) is 5.10 Å². The highest BCUT2D eigenvalue weighted by Gasteiger charge is 2.26. The minimum Gasteiger partial charge on any atom is -0.464 e. The second-order valence-electron chi connectivity index (χ2n) is 9.57. The molecular formula is C24H34F2N4O2S. The van der Waals surface area contributed by atoms with Crippen LogP contribution in [0.2, 0.25) is 0 Å². The summed E-state index contributed by atoms with van der Waals surface area (Å²) in [6.45, 7) is 4.17. The van der Waals surface area contributed by atoms with Gasteiger partial charge in [-0.3, -0.25) is 14.4 Å². The van der Waals surface area contributed by atoms with Gasteiger partial charge in [-0.1, -0.05) is 24.2 Å². The van der Waals surface area contributed by atoms with E-state index in [1.54, 1.807) is 0 Å². The first-order valence-electron chi connectivity index (χ1n) is 12.0. The number of halogens is 2. The number of aryl methyl sites for hydroxylation is 2. The fourth-order valence-corrected chi connectivity index (χ4v) is 6.05. The number of carbonyl (C=O) groups is 1. The third kappa shape index (κ3) is 6.82. The Hall–Kier alpha value is -1.87. The lowest BCUT2D eigenvalue weighted by Crippen LogP contribution is -2.32. The molecule has 0 amide bonds. The lowest BCUT2D eigenvalue weighted by molar-refractivity contribution is -0.119. The maximum atomic E-state index is 12.5. The Balaban J connectivity index is 1.15. The molecule has 0 saturated heterocycles. The minimum atomic E-state index is -2.47. The minimum absolute atomic E-state index is 0.325. The van der Waals surface area contributed by atoms with Gasteiger partial charge in [0.2, 0.25) is 0 Å². The van der Waals surface area contributed by atoms with Crippen LogP contribution in [0.25, 0.3) is 0 Å². The van der Waals surface area contributed by atoms with E-state index in [-0.39, 0.29) is 0 Å². The maximum Gasteiger partial charge on any atom is 0.273 e. The van der Waals surface area contributed by atoms with Crippen molar-refractivity contribution in [1.82, 2.24) is 19.7 Å². The number of hydrogen-bond donors (Lipinski definition) is 0. The monoisotopic (exact) mass is 480 g/mol. The summed E-state index contributed by atoms with van der Waals surface area (Å²) in [7, 11) is 1.90. The maximum absolute atomic E-state index is 12.5. The van der Waals surface area contributed by atoms with Gasteiger partial charge >= 0.3 is 0 Å². The van der Waals surface area contributed by atoms with E-state index in [1.165, 1.54) is 35.5 Å². The molecule has 0 spiro atoms. The van der Waals surface area contributed by atoms with Crippen molar-refractivity contribution in [2.45, 2.75) is 71.3 Å². The van der Waals surface area contributed by atoms with Crippen LogP contribution in [0.3, 0.4) is 0 Å². The summed E-state index contributed by atoms with van der Waals surface area (Å²) in [6.07, 6.45) is 5.46. The highest BCUT2D eigenvalue weighted by molar-refractivity contribution is 7.13. The van der Waals surface area contributed by atoms with Crippen LogP contribution < -0.4 is 4.74 Å². The van der Waals surface area contributed by atoms with Crippen molar-refractivity contribution < 1.29 is 18.3 Å². The number of hydrogen-bond acceptors (Lipinski definition) is 6. The highest BCUT2D eigenvalue weighted by atomic mass is 32.1. The molecule has 0 radical (unpaired) electrons. The van der Waals surface area contributed by atoms with E-state index in [1.807, 2.05) is 24.7 Å². The molecule has 0 atom stereocenters. The van der Waals surface area contributed by atoms with E-state index < -0.39 is 13.0 Å². The van der Waals surface area contributed by atoms with Gasteiger partial charge in [0, 0.05) is 43.5 Å². The van der Waals surface area contributed by atoms with E-state index >= 15 is 0 Å². The standard InChI is InChI=1S/C24H34F2N4O2S/c1-16-11-19(29(2)28-16)13-20(31)12-18-5-3-17(4-6-18)7-9-30-10-8-22-21(14-30)27-24(33-22)32-15-23(25)26/h11,17-18,23H,3-10,12-15H2,1-2H3. The molecule has 3 heterocycles. The third-order valence-corrected chi connectivity index (χ3v) is 8.00. The fourth-order valence-electron chi connectivity index (χ4n) is 5.13. The molecule has 1 saturated carbocycles. The molecule has 2 aromatic heterocycles. The molecule has 2 aliphatic rings. The van der Waals surface area contributed by atoms with Crippen LogP contribution >= 0.6 is 11.3 Å². The Morgan fingerprint density at radius 3 is 2.73 bits per heavy atom. The summed E-state index contributed by atoms with van der Waals surface area (Å²) in [5, 5.41) is 4.70. The average molecular weight is 481 g/mol. The zero-order valence-electron chi connectivity index (χ0n) is 19.6. The van der Waals surface area contributed by atoms with E-state index in [4.69, 9.17) is 4.74 Å². The predicted molar refractivity (Wildman–Crippen MR) is 124 cm³/mol. The smallest absolute Gasteiger partial charge is 0.273 e. The lowest BCUT2D eigenvalue weighted by Gasteiger charge is -2.31. The number of aromatic nitrogens is 3. The third-order valence-electron chi connectivity index (χ3n) is 6.93. The first kappa shape index (κ1) is 24.3. The molecule has 33 heavy (non-hydrogen) atoms. The van der Waals surface area contributed by atoms with Crippen LogP contribution in [0.5, 0.6) is 5.19 Å². The number of fused-ring (bicyclic) bond motifs is 1. The quantitative estimate of drug-likeness (QED) is 0.498. The normalized spacial score (nSPS) is 21.4. The number of alkyl halides is 2. The number of rotatable bonds is 10. The SMILES string of the molecule is Cc1cc(CC(=O)CC2CCC(CCN3CCc4sc(OCC(F)F)nc4C3)CC2)n(C)n1. The molecule has 182 valence electrons. The van der Waals surface area contributed by atoms with Gasteiger partial charge in [-0.15, -0.1) is 0 Å².